The molecule has 0 amide bonds. The first kappa shape index (κ1) is 15.8. The molecule has 0 saturated heterocycles. The van der Waals surface area contributed by atoms with Crippen molar-refractivity contribution >= 4 is 0 Å². The summed E-state index contributed by atoms with van der Waals surface area (Å²) in [6.45, 7) is 8.45. The average Bonchev–Trinajstić information content (AvgIpc) is 2.81. The van der Waals surface area contributed by atoms with E-state index in [4.69, 9.17) is 5.10 Å². The van der Waals surface area contributed by atoms with Crippen LogP contribution in [-0.4, -0.2) is 23.4 Å². The van der Waals surface area contributed by atoms with E-state index in [-0.39, 0.29) is 0 Å². The first-order valence-electron chi connectivity index (χ1n) is 7.97. The van der Waals surface area contributed by atoms with Crippen LogP contribution in [0.2, 0.25) is 0 Å². The summed E-state index contributed by atoms with van der Waals surface area (Å²) in [5, 5.41) is 8.11. The molecule has 21 heavy (non-hydrogen) atoms. The Balaban J connectivity index is 2.32. The number of aryl methyl sites for hydroxylation is 2. The number of nitrogens with zero attached hydrogens (tertiary/aromatic N) is 2. The predicted molar refractivity (Wildman–Crippen MR) is 88.9 cm³/mol. The van der Waals surface area contributed by atoms with E-state index in [0.29, 0.717) is 0 Å². The van der Waals surface area contributed by atoms with E-state index in [1.54, 1.807) is 0 Å². The van der Waals surface area contributed by atoms with E-state index < -0.39 is 0 Å². The van der Waals surface area contributed by atoms with Crippen LogP contribution in [0.25, 0.3) is 0 Å². The molecule has 0 radical (unpaired) electrons. The quantitative estimate of drug-likeness (QED) is 0.847. The molecule has 2 aromatic rings. The maximum absolute atomic E-state index is 4.87. The number of hydrogen-bond donors (Lipinski definition) is 1. The smallest absolute Gasteiger partial charge is 0.0662 e. The van der Waals surface area contributed by atoms with Crippen LogP contribution in [0.5, 0.6) is 0 Å². The van der Waals surface area contributed by atoms with E-state index in [1.807, 2.05) is 7.05 Å². The fraction of sp³-hybridized carbons (Fsp3) is 0.500. The minimum atomic E-state index is 0.872. The molecule has 0 spiro atoms. The van der Waals surface area contributed by atoms with Crippen molar-refractivity contribution < 1.29 is 0 Å². The monoisotopic (exact) mass is 285 g/mol. The lowest BCUT2D eigenvalue weighted by molar-refractivity contribution is 0.638. The van der Waals surface area contributed by atoms with Crippen molar-refractivity contribution in [2.45, 2.75) is 46.6 Å². The zero-order chi connectivity index (χ0) is 15.2. The molecule has 114 valence electrons. The van der Waals surface area contributed by atoms with E-state index in [0.717, 1.165) is 32.4 Å². The van der Waals surface area contributed by atoms with Crippen LogP contribution in [0.4, 0.5) is 0 Å². The van der Waals surface area contributed by atoms with Crippen LogP contribution in [0, 0.1) is 6.92 Å². The number of likely N-dealkylation sites (N-methyl/N-ethyl adjacent to an activating group) is 1. The molecule has 0 bridgehead atoms. The number of benzene rings is 1. The molecule has 1 aromatic carbocycles. The van der Waals surface area contributed by atoms with Crippen molar-refractivity contribution in [1.82, 2.24) is 15.1 Å². The summed E-state index contributed by atoms with van der Waals surface area (Å²) in [5.41, 5.74) is 6.74. The van der Waals surface area contributed by atoms with Gasteiger partial charge >= 0.3 is 0 Å². The van der Waals surface area contributed by atoms with Crippen LogP contribution >= 0.6 is 0 Å². The highest BCUT2D eigenvalue weighted by Gasteiger charge is 2.15. The second kappa shape index (κ2) is 7.41. The third-order valence-electron chi connectivity index (χ3n) is 3.96. The van der Waals surface area contributed by atoms with E-state index in [1.165, 1.54) is 28.1 Å². The van der Waals surface area contributed by atoms with Gasteiger partial charge in [0.05, 0.1) is 12.2 Å². The van der Waals surface area contributed by atoms with Crippen LogP contribution in [0.3, 0.4) is 0 Å². The van der Waals surface area contributed by atoms with Crippen molar-refractivity contribution in [3.05, 3.63) is 52.3 Å². The third kappa shape index (κ3) is 3.73. The van der Waals surface area contributed by atoms with Crippen molar-refractivity contribution in [3.8, 4) is 0 Å². The van der Waals surface area contributed by atoms with Gasteiger partial charge in [-0.3, -0.25) is 4.68 Å². The zero-order valence-corrected chi connectivity index (χ0v) is 13.7. The van der Waals surface area contributed by atoms with Gasteiger partial charge in [-0.25, -0.2) is 0 Å². The molecule has 1 N–H and O–H groups in total. The topological polar surface area (TPSA) is 29.9 Å². The molecule has 2 rings (SSSR count). The molecule has 0 saturated carbocycles. The Morgan fingerprint density at radius 2 is 2.00 bits per heavy atom. The van der Waals surface area contributed by atoms with Crippen LogP contribution < -0.4 is 5.32 Å². The molecule has 0 aliphatic rings. The SMILES string of the molecule is CCc1nn(Cc2cccc(C)c2)c(CC)c1CCNC. The molecular formula is C18H27N3. The lowest BCUT2D eigenvalue weighted by Crippen LogP contribution is -2.12. The minimum Gasteiger partial charge on any atom is -0.319 e. The Morgan fingerprint density at radius 3 is 2.62 bits per heavy atom. The maximum Gasteiger partial charge on any atom is 0.0662 e. The summed E-state index contributed by atoms with van der Waals surface area (Å²) >= 11 is 0. The highest BCUT2D eigenvalue weighted by molar-refractivity contribution is 5.29. The Hall–Kier alpha value is -1.61. The molecule has 0 aliphatic carbocycles. The maximum atomic E-state index is 4.87. The molecular weight excluding hydrogens is 258 g/mol. The molecule has 0 unspecified atom stereocenters. The fourth-order valence-electron chi connectivity index (χ4n) is 2.92. The van der Waals surface area contributed by atoms with E-state index in [9.17, 15) is 0 Å². The predicted octanol–water partition coefficient (Wildman–Crippen LogP) is 3.13. The highest BCUT2D eigenvalue weighted by Crippen LogP contribution is 2.18. The van der Waals surface area contributed by atoms with E-state index in [2.05, 4.69) is 55.0 Å². The van der Waals surface area contributed by atoms with Gasteiger partial charge in [0.15, 0.2) is 0 Å². The van der Waals surface area contributed by atoms with Crippen molar-refractivity contribution in [2.24, 2.45) is 0 Å². The van der Waals surface area contributed by atoms with Gasteiger partial charge in [0.25, 0.3) is 0 Å². The highest BCUT2D eigenvalue weighted by atomic mass is 15.3. The zero-order valence-electron chi connectivity index (χ0n) is 13.7. The van der Waals surface area contributed by atoms with Crippen molar-refractivity contribution in [2.75, 3.05) is 13.6 Å². The van der Waals surface area contributed by atoms with Crippen molar-refractivity contribution in [1.29, 1.82) is 0 Å². The van der Waals surface area contributed by atoms with Gasteiger partial charge in [0.1, 0.15) is 0 Å². The van der Waals surface area contributed by atoms with Gasteiger partial charge in [-0.15, -0.1) is 0 Å². The third-order valence-corrected chi connectivity index (χ3v) is 3.96. The van der Waals surface area contributed by atoms with Crippen LogP contribution in [0.15, 0.2) is 24.3 Å². The first-order chi connectivity index (χ1) is 10.2. The summed E-state index contributed by atoms with van der Waals surface area (Å²) in [4.78, 5) is 0. The van der Waals surface area contributed by atoms with Crippen molar-refractivity contribution in [3.63, 3.8) is 0 Å². The molecule has 0 aliphatic heterocycles. The minimum absolute atomic E-state index is 0.872. The molecule has 0 fully saturated rings. The number of rotatable bonds is 7. The second-order valence-electron chi connectivity index (χ2n) is 5.58. The Bertz CT molecular complexity index is 584. The van der Waals surface area contributed by atoms with Gasteiger partial charge in [0, 0.05) is 5.69 Å². The molecule has 1 aromatic heterocycles. The molecule has 0 atom stereocenters. The van der Waals surface area contributed by atoms with Crippen LogP contribution in [-0.2, 0) is 25.8 Å². The van der Waals surface area contributed by atoms with Gasteiger partial charge < -0.3 is 5.32 Å². The summed E-state index contributed by atoms with van der Waals surface area (Å²) in [6, 6.07) is 8.71. The van der Waals surface area contributed by atoms with Gasteiger partial charge in [-0.2, -0.15) is 5.10 Å². The summed E-state index contributed by atoms with van der Waals surface area (Å²) in [6.07, 6.45) is 3.11. The largest absolute Gasteiger partial charge is 0.319 e. The summed E-state index contributed by atoms with van der Waals surface area (Å²) in [5.74, 6) is 0. The summed E-state index contributed by atoms with van der Waals surface area (Å²) < 4.78 is 2.21. The Morgan fingerprint density at radius 1 is 1.19 bits per heavy atom. The van der Waals surface area contributed by atoms with E-state index >= 15 is 0 Å². The average molecular weight is 285 g/mol. The molecule has 3 heteroatoms. The molecule has 3 nitrogen and oxygen atoms in total. The number of hydrogen-bond acceptors (Lipinski definition) is 2. The Kier molecular flexibility index (Phi) is 5.57. The second-order valence-corrected chi connectivity index (χ2v) is 5.58. The lowest BCUT2D eigenvalue weighted by atomic mass is 10.1. The standard InChI is InChI=1S/C18H27N3/c1-5-17-16(10-11-19-4)18(6-2)21(20-17)13-15-9-7-8-14(3)12-15/h7-9,12,19H,5-6,10-11,13H2,1-4H3. The normalized spacial score (nSPS) is 11.0. The van der Waals surface area contributed by atoms with Gasteiger partial charge in [0.2, 0.25) is 0 Å². The number of nitrogens with one attached hydrogen (secondary N) is 1. The summed E-state index contributed by atoms with van der Waals surface area (Å²) in [7, 11) is 2.01. The van der Waals surface area contributed by atoms with Gasteiger partial charge in [-0.1, -0.05) is 43.7 Å². The first-order valence-corrected chi connectivity index (χ1v) is 7.97. The van der Waals surface area contributed by atoms with Gasteiger partial charge in [-0.05, 0) is 50.9 Å². The number of aromatic nitrogens is 2. The Labute approximate surface area is 128 Å². The van der Waals surface area contributed by atoms with Crippen LogP contribution in [0.1, 0.15) is 41.9 Å². The fourth-order valence-corrected chi connectivity index (χ4v) is 2.92. The molecule has 1 heterocycles. The lowest BCUT2D eigenvalue weighted by Gasteiger charge is -2.09.